The maximum Gasteiger partial charge on any atom is 0.238 e. The topological polar surface area (TPSA) is 20.3 Å². The minimum Gasteiger partial charge on any atom is -0.338 e. The molecule has 2 aliphatic rings. The summed E-state index contributed by atoms with van der Waals surface area (Å²) in [5.41, 5.74) is 0. The van der Waals surface area contributed by atoms with Gasteiger partial charge in [0.15, 0.2) is 0 Å². The van der Waals surface area contributed by atoms with E-state index in [1.165, 1.54) is 38.5 Å². The molecule has 2 nitrogen and oxygen atoms in total. The largest absolute Gasteiger partial charge is 0.338 e. The van der Waals surface area contributed by atoms with E-state index in [0.717, 1.165) is 24.0 Å². The molecule has 0 bridgehead atoms. The Morgan fingerprint density at radius 1 is 1.33 bits per heavy atom. The highest BCUT2D eigenvalue weighted by Crippen LogP contribution is 2.40. The Morgan fingerprint density at radius 3 is 2.61 bits per heavy atom. The first-order chi connectivity index (χ1) is 8.67. The van der Waals surface area contributed by atoms with E-state index in [1.807, 2.05) is 11.8 Å². The van der Waals surface area contributed by atoms with Gasteiger partial charge in [-0.2, -0.15) is 0 Å². The zero-order chi connectivity index (χ0) is 13.0. The van der Waals surface area contributed by atoms with Gasteiger partial charge in [-0.25, -0.2) is 0 Å². The second kappa shape index (κ2) is 6.65. The molecule has 4 heteroatoms. The Hall–Kier alpha value is 0.300. The van der Waals surface area contributed by atoms with Gasteiger partial charge in [0.05, 0.1) is 4.75 Å². The molecule has 104 valence electrons. The van der Waals surface area contributed by atoms with Gasteiger partial charge in [0.2, 0.25) is 5.91 Å². The van der Waals surface area contributed by atoms with Crippen LogP contribution < -0.4 is 0 Å². The summed E-state index contributed by atoms with van der Waals surface area (Å²) in [6.45, 7) is 3.02. The lowest BCUT2D eigenvalue weighted by molar-refractivity contribution is -0.136. The van der Waals surface area contributed by atoms with Gasteiger partial charge in [0.1, 0.15) is 0 Å². The van der Waals surface area contributed by atoms with Crippen LogP contribution in [0.4, 0.5) is 0 Å². The van der Waals surface area contributed by atoms with E-state index in [9.17, 15) is 4.79 Å². The number of halogens is 1. The number of alkyl halides is 1. The van der Waals surface area contributed by atoms with Crippen LogP contribution in [0.15, 0.2) is 0 Å². The molecule has 2 rings (SSSR count). The van der Waals surface area contributed by atoms with Gasteiger partial charge < -0.3 is 4.90 Å². The molecule has 1 amide bonds. The fourth-order valence-electron chi connectivity index (χ4n) is 3.19. The van der Waals surface area contributed by atoms with E-state index >= 15 is 0 Å². The van der Waals surface area contributed by atoms with Crippen molar-refractivity contribution in [1.29, 1.82) is 0 Å². The first kappa shape index (κ1) is 14.7. The summed E-state index contributed by atoms with van der Waals surface area (Å²) in [4.78, 5) is 15.0. The molecule has 1 aliphatic carbocycles. The van der Waals surface area contributed by atoms with Crippen molar-refractivity contribution in [1.82, 2.24) is 4.90 Å². The van der Waals surface area contributed by atoms with Crippen LogP contribution in [-0.4, -0.2) is 39.2 Å². The Balaban J connectivity index is 2.05. The molecule has 1 aliphatic heterocycles. The molecule has 18 heavy (non-hydrogen) atoms. The molecule has 2 fully saturated rings. The zero-order valence-corrected chi connectivity index (χ0v) is 13.7. The lowest BCUT2D eigenvalue weighted by atomic mass is 9.92. The van der Waals surface area contributed by atoms with Crippen LogP contribution in [0, 0.1) is 0 Å². The van der Waals surface area contributed by atoms with Crippen molar-refractivity contribution in [2.75, 3.05) is 17.6 Å². The van der Waals surface area contributed by atoms with Crippen molar-refractivity contribution in [3.05, 3.63) is 0 Å². The van der Waals surface area contributed by atoms with Gasteiger partial charge in [-0.1, -0.05) is 35.2 Å². The van der Waals surface area contributed by atoms with Gasteiger partial charge in [-0.05, 0) is 38.4 Å². The van der Waals surface area contributed by atoms with Crippen molar-refractivity contribution in [3.8, 4) is 0 Å². The number of hydrogen-bond acceptors (Lipinski definition) is 2. The molecule has 0 radical (unpaired) electrons. The van der Waals surface area contributed by atoms with Gasteiger partial charge in [0, 0.05) is 17.9 Å². The highest BCUT2D eigenvalue weighted by Gasteiger charge is 2.41. The maximum absolute atomic E-state index is 12.8. The van der Waals surface area contributed by atoms with Crippen LogP contribution in [0.5, 0.6) is 0 Å². The number of nitrogens with zero attached hydrogens (tertiary/aromatic N) is 1. The molecule has 1 heterocycles. The Labute approximate surface area is 123 Å². The Bertz CT molecular complexity index is 286. The van der Waals surface area contributed by atoms with Crippen LogP contribution in [0.1, 0.15) is 51.9 Å². The number of carbonyl (C=O) groups is 1. The lowest BCUT2D eigenvalue weighted by Gasteiger charge is -2.38. The minimum absolute atomic E-state index is 0.139. The highest BCUT2D eigenvalue weighted by atomic mass is 79.9. The Morgan fingerprint density at radius 2 is 2.06 bits per heavy atom. The number of carbonyl (C=O) groups excluding carboxylic acids is 1. The third-order valence-electron chi connectivity index (χ3n) is 4.27. The molecule has 0 aromatic heterocycles. The predicted octanol–water partition coefficient (Wildman–Crippen LogP) is 3.83. The van der Waals surface area contributed by atoms with Crippen molar-refractivity contribution in [2.45, 2.75) is 62.7 Å². The van der Waals surface area contributed by atoms with E-state index < -0.39 is 0 Å². The van der Waals surface area contributed by atoms with E-state index in [1.54, 1.807) is 0 Å². The summed E-state index contributed by atoms with van der Waals surface area (Å²) < 4.78 is -0.139. The van der Waals surface area contributed by atoms with Gasteiger partial charge in [-0.3, -0.25) is 4.79 Å². The van der Waals surface area contributed by atoms with E-state index in [4.69, 9.17) is 0 Å². The summed E-state index contributed by atoms with van der Waals surface area (Å²) in [7, 11) is 0. The number of hydrogen-bond donors (Lipinski definition) is 0. The van der Waals surface area contributed by atoms with Gasteiger partial charge >= 0.3 is 0 Å². The normalized spacial score (nSPS) is 29.4. The standard InChI is InChI=1S/C14H24BrNOS/c1-14(8-5-11-18-14)13(17)16(10-9-15)12-6-3-2-4-7-12/h12H,2-11H2,1H3. The van der Waals surface area contributed by atoms with Crippen LogP contribution >= 0.6 is 27.7 Å². The van der Waals surface area contributed by atoms with Crippen LogP contribution in [0.3, 0.4) is 0 Å². The second-order valence-corrected chi connectivity index (χ2v) is 8.05. The van der Waals surface area contributed by atoms with Crippen molar-refractivity contribution in [3.63, 3.8) is 0 Å². The minimum atomic E-state index is -0.139. The van der Waals surface area contributed by atoms with E-state index in [0.29, 0.717) is 11.9 Å². The van der Waals surface area contributed by atoms with Crippen LogP contribution in [0.2, 0.25) is 0 Å². The number of thioether (sulfide) groups is 1. The molecule has 0 spiro atoms. The average Bonchev–Trinajstić information content (AvgIpc) is 2.84. The molecule has 1 atom stereocenters. The summed E-state index contributed by atoms with van der Waals surface area (Å²) >= 11 is 5.37. The predicted molar refractivity (Wildman–Crippen MR) is 82.5 cm³/mol. The third-order valence-corrected chi connectivity index (χ3v) is 6.14. The molecule has 0 aromatic rings. The summed E-state index contributed by atoms with van der Waals surface area (Å²) in [6.07, 6.45) is 8.60. The maximum atomic E-state index is 12.8. The second-order valence-electron chi connectivity index (χ2n) is 5.66. The lowest BCUT2D eigenvalue weighted by Crippen LogP contribution is -2.50. The highest BCUT2D eigenvalue weighted by molar-refractivity contribution is 9.09. The third kappa shape index (κ3) is 3.24. The summed E-state index contributed by atoms with van der Waals surface area (Å²) in [5.74, 6) is 1.55. The molecule has 1 unspecified atom stereocenters. The van der Waals surface area contributed by atoms with Gasteiger partial charge in [-0.15, -0.1) is 11.8 Å². The van der Waals surface area contributed by atoms with Crippen molar-refractivity contribution >= 4 is 33.6 Å². The fourth-order valence-corrected chi connectivity index (χ4v) is 4.84. The summed E-state index contributed by atoms with van der Waals surface area (Å²) in [6, 6.07) is 0.502. The SMILES string of the molecule is CC1(C(=O)N(CCBr)C2CCCCC2)CCCS1. The Kier molecular flexibility index (Phi) is 5.43. The molecule has 1 saturated heterocycles. The average molecular weight is 334 g/mol. The quantitative estimate of drug-likeness (QED) is 0.729. The first-order valence-electron chi connectivity index (χ1n) is 7.18. The molecular formula is C14H24BrNOS. The smallest absolute Gasteiger partial charge is 0.238 e. The molecule has 0 aromatic carbocycles. The monoisotopic (exact) mass is 333 g/mol. The molecular weight excluding hydrogens is 310 g/mol. The van der Waals surface area contributed by atoms with E-state index in [2.05, 4.69) is 27.8 Å². The molecule has 1 saturated carbocycles. The number of rotatable bonds is 4. The zero-order valence-electron chi connectivity index (χ0n) is 11.3. The van der Waals surface area contributed by atoms with Crippen LogP contribution in [-0.2, 0) is 4.79 Å². The van der Waals surface area contributed by atoms with Crippen LogP contribution in [0.25, 0.3) is 0 Å². The first-order valence-corrected chi connectivity index (χ1v) is 9.29. The summed E-state index contributed by atoms with van der Waals surface area (Å²) in [5, 5.41) is 0.899. The fraction of sp³-hybridized carbons (Fsp3) is 0.929. The number of amides is 1. The van der Waals surface area contributed by atoms with Crippen molar-refractivity contribution in [2.24, 2.45) is 0 Å². The van der Waals surface area contributed by atoms with Crippen molar-refractivity contribution < 1.29 is 4.79 Å². The van der Waals surface area contributed by atoms with E-state index in [-0.39, 0.29) is 4.75 Å². The van der Waals surface area contributed by atoms with Gasteiger partial charge in [0.25, 0.3) is 0 Å². The molecule has 0 N–H and O–H groups in total.